The summed E-state index contributed by atoms with van der Waals surface area (Å²) in [6.45, 7) is 0. The van der Waals surface area contributed by atoms with Gasteiger partial charge in [0, 0.05) is 6.42 Å². The Hall–Kier alpha value is -1.85. The Morgan fingerprint density at radius 1 is 1.26 bits per heavy atom. The van der Waals surface area contributed by atoms with Crippen molar-refractivity contribution in [1.82, 2.24) is 0 Å². The normalized spacial score (nSPS) is 10.7. The lowest BCUT2D eigenvalue weighted by molar-refractivity contribution is 0.134. The van der Waals surface area contributed by atoms with Gasteiger partial charge in [-0.15, -0.1) is 0 Å². The van der Waals surface area contributed by atoms with E-state index in [9.17, 15) is 18.7 Å². The summed E-state index contributed by atoms with van der Waals surface area (Å²) in [6.07, 6.45) is -1.68. The average Bonchev–Trinajstić information content (AvgIpc) is 2.32. The summed E-state index contributed by atoms with van der Waals surface area (Å²) in [5.74, 6) is -0.323. The van der Waals surface area contributed by atoms with Crippen molar-refractivity contribution in [2.45, 2.75) is 38.5 Å². The fraction of sp³-hybridized carbons (Fsp3) is 0.462. The van der Waals surface area contributed by atoms with E-state index < -0.39 is 12.6 Å². The van der Waals surface area contributed by atoms with Gasteiger partial charge in [-0.3, -0.25) is 0 Å². The number of rotatable bonds is 7. The number of phenolic OH excluding ortho intramolecular Hbond substituents is 1. The zero-order valence-corrected chi connectivity index (χ0v) is 10.3. The van der Waals surface area contributed by atoms with Gasteiger partial charge in [-0.05, 0) is 30.9 Å². The first-order chi connectivity index (χ1) is 9.00. The first kappa shape index (κ1) is 15.2. The number of phenols is 1. The molecule has 0 fully saturated rings. The molecule has 6 heteroatoms. The fourth-order valence-electron chi connectivity index (χ4n) is 1.74. The van der Waals surface area contributed by atoms with Gasteiger partial charge in [-0.2, -0.15) is 0 Å². The van der Waals surface area contributed by atoms with Gasteiger partial charge in [-0.1, -0.05) is 18.6 Å². The first-order valence-corrected chi connectivity index (χ1v) is 6.00. The summed E-state index contributed by atoms with van der Waals surface area (Å²) in [7, 11) is 0. The van der Waals surface area contributed by atoms with E-state index in [1.54, 1.807) is 12.1 Å². The van der Waals surface area contributed by atoms with Crippen LogP contribution < -0.4 is 4.74 Å². The van der Waals surface area contributed by atoms with Crippen LogP contribution in [0, 0.1) is 0 Å². The maximum atomic E-state index is 11.9. The van der Waals surface area contributed by atoms with E-state index in [2.05, 4.69) is 4.74 Å². The lowest BCUT2D eigenvalue weighted by Gasteiger charge is -2.08. The van der Waals surface area contributed by atoms with Crippen molar-refractivity contribution in [2.75, 3.05) is 0 Å². The van der Waals surface area contributed by atoms with Crippen molar-refractivity contribution in [2.24, 2.45) is 0 Å². The predicted octanol–water partition coefficient (Wildman–Crippen LogP) is 3.82. The molecule has 0 bridgehead atoms. The molecule has 0 radical (unpaired) electrons. The van der Waals surface area contributed by atoms with Crippen LogP contribution in [0.2, 0.25) is 0 Å². The van der Waals surface area contributed by atoms with E-state index in [4.69, 9.17) is 5.11 Å². The van der Waals surface area contributed by atoms with Gasteiger partial charge in [0.25, 0.3) is 0 Å². The summed E-state index contributed by atoms with van der Waals surface area (Å²) >= 11 is 0. The SMILES string of the molecule is O=C(O)Oc1cccc(CCCCCC(F)F)c1O. The number of ether oxygens (including phenoxy) is 1. The smallest absolute Gasteiger partial charge is 0.504 e. The summed E-state index contributed by atoms with van der Waals surface area (Å²) in [4.78, 5) is 10.4. The van der Waals surface area contributed by atoms with E-state index >= 15 is 0 Å². The Labute approximate surface area is 109 Å². The van der Waals surface area contributed by atoms with Gasteiger partial charge in [0.05, 0.1) is 0 Å². The number of carbonyl (C=O) groups is 1. The third kappa shape index (κ3) is 5.54. The number of carboxylic acid groups (broad SMARTS) is 1. The van der Waals surface area contributed by atoms with Crippen LogP contribution in [0.1, 0.15) is 31.2 Å². The molecule has 0 aliphatic heterocycles. The van der Waals surface area contributed by atoms with Crippen molar-refractivity contribution in [3.8, 4) is 11.5 Å². The molecule has 0 aromatic heterocycles. The molecule has 0 aliphatic rings. The molecule has 0 aliphatic carbocycles. The predicted molar refractivity (Wildman–Crippen MR) is 64.9 cm³/mol. The van der Waals surface area contributed by atoms with Crippen LogP contribution in [0.3, 0.4) is 0 Å². The van der Waals surface area contributed by atoms with Gasteiger partial charge in [0.1, 0.15) is 0 Å². The molecule has 106 valence electrons. The number of hydrogen-bond acceptors (Lipinski definition) is 3. The van der Waals surface area contributed by atoms with Crippen LogP contribution in [0.4, 0.5) is 13.6 Å². The summed E-state index contributed by atoms with van der Waals surface area (Å²) in [5.41, 5.74) is 0.552. The second kappa shape index (κ2) is 7.56. The molecule has 4 nitrogen and oxygen atoms in total. The van der Waals surface area contributed by atoms with Crippen LogP contribution in [0.25, 0.3) is 0 Å². The molecule has 0 unspecified atom stereocenters. The zero-order valence-electron chi connectivity index (χ0n) is 10.3. The number of aromatic hydroxyl groups is 1. The number of alkyl halides is 2. The van der Waals surface area contributed by atoms with Crippen molar-refractivity contribution in [1.29, 1.82) is 0 Å². The van der Waals surface area contributed by atoms with Gasteiger partial charge in [0.15, 0.2) is 11.5 Å². The molecule has 1 aromatic rings. The van der Waals surface area contributed by atoms with E-state index in [1.165, 1.54) is 6.07 Å². The maximum Gasteiger partial charge on any atom is 0.511 e. The summed E-state index contributed by atoms with van der Waals surface area (Å²) < 4.78 is 28.2. The molecule has 1 aromatic carbocycles. The minimum Gasteiger partial charge on any atom is -0.504 e. The van der Waals surface area contributed by atoms with Crippen LogP contribution in [0.15, 0.2) is 18.2 Å². The Morgan fingerprint density at radius 2 is 2.00 bits per heavy atom. The quantitative estimate of drug-likeness (QED) is 0.450. The van der Waals surface area contributed by atoms with Crippen LogP contribution in [-0.4, -0.2) is 22.8 Å². The summed E-state index contributed by atoms with van der Waals surface area (Å²) in [6, 6.07) is 4.58. The fourth-order valence-corrected chi connectivity index (χ4v) is 1.74. The Kier molecular flexibility index (Phi) is 6.05. The van der Waals surface area contributed by atoms with Crippen LogP contribution >= 0.6 is 0 Å². The molecule has 1 rings (SSSR count). The molecule has 0 heterocycles. The molecule has 19 heavy (non-hydrogen) atoms. The lowest BCUT2D eigenvalue weighted by Crippen LogP contribution is -2.03. The number of unbranched alkanes of at least 4 members (excludes halogenated alkanes) is 2. The second-order valence-corrected chi connectivity index (χ2v) is 4.12. The molecular weight excluding hydrogens is 258 g/mol. The lowest BCUT2D eigenvalue weighted by atomic mass is 10.0. The highest BCUT2D eigenvalue weighted by Crippen LogP contribution is 2.31. The number of halogens is 2. The topological polar surface area (TPSA) is 66.8 Å². The highest BCUT2D eigenvalue weighted by atomic mass is 19.3. The van der Waals surface area contributed by atoms with E-state index in [1.807, 2.05) is 0 Å². The molecular formula is C13H16F2O4. The van der Waals surface area contributed by atoms with Gasteiger partial charge >= 0.3 is 6.16 Å². The highest BCUT2D eigenvalue weighted by molar-refractivity contribution is 5.63. The van der Waals surface area contributed by atoms with Crippen molar-refractivity contribution in [3.63, 3.8) is 0 Å². The third-order valence-electron chi connectivity index (χ3n) is 2.65. The highest BCUT2D eigenvalue weighted by Gasteiger charge is 2.11. The van der Waals surface area contributed by atoms with E-state index in [-0.39, 0.29) is 17.9 Å². The minimum absolute atomic E-state index is 0.113. The van der Waals surface area contributed by atoms with Crippen molar-refractivity contribution >= 4 is 6.16 Å². The third-order valence-corrected chi connectivity index (χ3v) is 2.65. The van der Waals surface area contributed by atoms with Crippen molar-refractivity contribution in [3.05, 3.63) is 23.8 Å². The molecule has 0 spiro atoms. The minimum atomic E-state index is -2.28. The molecule has 0 saturated carbocycles. The Morgan fingerprint density at radius 3 is 2.63 bits per heavy atom. The average molecular weight is 274 g/mol. The first-order valence-electron chi connectivity index (χ1n) is 6.00. The largest absolute Gasteiger partial charge is 0.511 e. The standard InChI is InChI=1S/C13H16F2O4/c14-11(15)8-3-1-2-5-9-6-4-7-10(12(9)16)19-13(17)18/h4,6-7,11,16H,1-3,5,8H2,(H,17,18). The van der Waals surface area contributed by atoms with Gasteiger partial charge in [-0.25, -0.2) is 13.6 Å². The summed E-state index contributed by atoms with van der Waals surface area (Å²) in [5, 5.41) is 18.3. The number of hydrogen-bond donors (Lipinski definition) is 2. The second-order valence-electron chi connectivity index (χ2n) is 4.12. The van der Waals surface area contributed by atoms with Crippen LogP contribution in [0.5, 0.6) is 11.5 Å². The zero-order chi connectivity index (χ0) is 14.3. The molecule has 0 atom stereocenters. The molecule has 2 N–H and O–H groups in total. The maximum absolute atomic E-state index is 11.9. The molecule has 0 saturated heterocycles. The van der Waals surface area contributed by atoms with Gasteiger partial charge < -0.3 is 14.9 Å². The monoisotopic (exact) mass is 274 g/mol. The Bertz CT molecular complexity index is 421. The number of para-hydroxylation sites is 1. The molecule has 0 amide bonds. The van der Waals surface area contributed by atoms with Crippen LogP contribution in [-0.2, 0) is 6.42 Å². The van der Waals surface area contributed by atoms with E-state index in [0.29, 0.717) is 31.2 Å². The number of aryl methyl sites for hydroxylation is 1. The van der Waals surface area contributed by atoms with Gasteiger partial charge in [0.2, 0.25) is 6.43 Å². The number of benzene rings is 1. The van der Waals surface area contributed by atoms with Crippen molar-refractivity contribution < 1.29 is 28.5 Å². The Balaban J connectivity index is 2.47. The van der Waals surface area contributed by atoms with E-state index in [0.717, 1.165) is 0 Å².